The molecule has 2 saturated heterocycles. The first kappa shape index (κ1) is 25.1. The molecule has 3 fully saturated rings. The number of rotatable bonds is 7. The van der Waals surface area contributed by atoms with Gasteiger partial charge in [0.25, 0.3) is 0 Å². The van der Waals surface area contributed by atoms with Gasteiger partial charge in [-0.3, -0.25) is 9.89 Å². The van der Waals surface area contributed by atoms with E-state index < -0.39 is 28.8 Å². The van der Waals surface area contributed by atoms with Crippen molar-refractivity contribution in [3.63, 3.8) is 0 Å². The van der Waals surface area contributed by atoms with Gasteiger partial charge < -0.3 is 14.8 Å². The molecular formula is C24H25ClFN5O4S2. The lowest BCUT2D eigenvalue weighted by atomic mass is 9.50. The van der Waals surface area contributed by atoms with E-state index in [0.29, 0.717) is 47.4 Å². The minimum absolute atomic E-state index is 0.0851. The molecule has 1 aromatic carbocycles. The lowest BCUT2D eigenvalue weighted by molar-refractivity contribution is -0.192. The molecule has 1 aliphatic carbocycles. The number of carbonyl (C=O) groups excluding carboxylic acids is 1. The van der Waals surface area contributed by atoms with Gasteiger partial charge in [-0.2, -0.15) is 0 Å². The molecule has 1 saturated carbocycles. The maximum absolute atomic E-state index is 13.9. The number of piperidine rings is 1. The SMILES string of the molecule is COC(=O)C1=C(CN2[C@@H]3COCC34[C@@H](NS(C)=O)C[C@@H]24)NC(c2nccs2)=N[C@H]1c1ccc(F)cc1Cl. The fourth-order valence-corrected chi connectivity index (χ4v) is 7.77. The normalized spacial score (nSPS) is 31.4. The molecule has 196 valence electrons. The maximum atomic E-state index is 13.9. The molecule has 0 radical (unpaired) electrons. The van der Waals surface area contributed by atoms with Crippen LogP contribution in [0, 0.1) is 11.2 Å². The zero-order valence-electron chi connectivity index (χ0n) is 20.1. The Hall–Kier alpha value is -2.22. The number of esters is 1. The third-order valence-corrected chi connectivity index (χ3v) is 9.57. The van der Waals surface area contributed by atoms with Gasteiger partial charge in [0.2, 0.25) is 0 Å². The van der Waals surface area contributed by atoms with Crippen LogP contribution in [-0.4, -0.2) is 77.1 Å². The topological polar surface area (TPSA) is 105 Å². The van der Waals surface area contributed by atoms with Crippen LogP contribution in [0.4, 0.5) is 4.39 Å². The predicted molar refractivity (Wildman–Crippen MR) is 138 cm³/mol. The number of halogens is 2. The molecule has 9 nitrogen and oxygen atoms in total. The number of hydrogen-bond acceptors (Lipinski definition) is 9. The van der Waals surface area contributed by atoms with Gasteiger partial charge in [0.15, 0.2) is 10.8 Å². The van der Waals surface area contributed by atoms with E-state index in [2.05, 4.69) is 19.9 Å². The first-order valence-electron chi connectivity index (χ1n) is 11.8. The average molecular weight is 566 g/mol. The summed E-state index contributed by atoms with van der Waals surface area (Å²) in [7, 11) is 0.211. The van der Waals surface area contributed by atoms with Crippen LogP contribution in [0.5, 0.6) is 0 Å². The Morgan fingerprint density at radius 3 is 3.00 bits per heavy atom. The van der Waals surface area contributed by atoms with Crippen molar-refractivity contribution in [1.82, 2.24) is 19.9 Å². The number of hydrogen-bond donors (Lipinski definition) is 2. The van der Waals surface area contributed by atoms with E-state index in [1.54, 1.807) is 18.5 Å². The number of nitrogens with zero attached hydrogens (tertiary/aromatic N) is 3. The predicted octanol–water partition coefficient (Wildman–Crippen LogP) is 2.18. The summed E-state index contributed by atoms with van der Waals surface area (Å²) in [6.45, 7) is 1.60. The van der Waals surface area contributed by atoms with Gasteiger partial charge in [0.05, 0.1) is 36.9 Å². The van der Waals surface area contributed by atoms with E-state index in [9.17, 15) is 13.4 Å². The van der Waals surface area contributed by atoms with E-state index in [4.69, 9.17) is 26.1 Å². The lowest BCUT2D eigenvalue weighted by Gasteiger charge is -2.70. The van der Waals surface area contributed by atoms with Crippen LogP contribution in [-0.2, 0) is 25.3 Å². The fourth-order valence-electron chi connectivity index (χ4n) is 6.20. The zero-order valence-corrected chi connectivity index (χ0v) is 22.5. The molecule has 4 heterocycles. The van der Waals surface area contributed by atoms with E-state index >= 15 is 0 Å². The van der Waals surface area contributed by atoms with Gasteiger partial charge in [-0.15, -0.1) is 11.3 Å². The van der Waals surface area contributed by atoms with Crippen molar-refractivity contribution in [3.8, 4) is 0 Å². The monoisotopic (exact) mass is 565 g/mol. The smallest absolute Gasteiger partial charge is 0.338 e. The molecule has 1 spiro atoms. The Balaban J connectivity index is 1.38. The van der Waals surface area contributed by atoms with Gasteiger partial charge in [-0.25, -0.2) is 23.1 Å². The molecule has 2 aromatic rings. The fraction of sp³-hybridized carbons (Fsp3) is 0.458. The van der Waals surface area contributed by atoms with Crippen molar-refractivity contribution in [2.75, 3.05) is 33.1 Å². The van der Waals surface area contributed by atoms with E-state index in [1.165, 1.54) is 30.6 Å². The largest absolute Gasteiger partial charge is 0.466 e. The summed E-state index contributed by atoms with van der Waals surface area (Å²) >= 11 is 7.86. The molecule has 1 aromatic heterocycles. The molecule has 4 aliphatic rings. The third kappa shape index (κ3) is 3.96. The lowest BCUT2D eigenvalue weighted by Crippen LogP contribution is -2.85. The van der Waals surface area contributed by atoms with Crippen molar-refractivity contribution in [2.24, 2.45) is 10.4 Å². The summed E-state index contributed by atoms with van der Waals surface area (Å²) < 4.78 is 40.0. The second kappa shape index (κ2) is 9.51. The molecule has 13 heteroatoms. The Morgan fingerprint density at radius 1 is 1.46 bits per heavy atom. The number of carbonyl (C=O) groups is 1. The number of aromatic nitrogens is 1. The second-order valence-corrected chi connectivity index (χ2v) is 12.0. The van der Waals surface area contributed by atoms with Crippen LogP contribution in [0.3, 0.4) is 0 Å². The molecule has 6 rings (SSSR count). The van der Waals surface area contributed by atoms with Crippen LogP contribution in [0.25, 0.3) is 0 Å². The van der Waals surface area contributed by atoms with E-state index in [0.717, 1.165) is 6.42 Å². The molecule has 3 aliphatic heterocycles. The van der Waals surface area contributed by atoms with Crippen molar-refractivity contribution in [2.45, 2.75) is 30.6 Å². The summed E-state index contributed by atoms with van der Waals surface area (Å²) in [6, 6.07) is 3.72. The van der Waals surface area contributed by atoms with Gasteiger partial charge in [-0.05, 0) is 18.6 Å². The number of nitrogens with one attached hydrogen (secondary N) is 2. The van der Waals surface area contributed by atoms with E-state index in [1.807, 2.05) is 5.38 Å². The second-order valence-electron chi connectivity index (χ2n) is 9.58. The van der Waals surface area contributed by atoms with Crippen LogP contribution in [0.1, 0.15) is 23.0 Å². The summed E-state index contributed by atoms with van der Waals surface area (Å²) in [5.74, 6) is -0.513. The first-order chi connectivity index (χ1) is 17.8. The van der Waals surface area contributed by atoms with Crippen LogP contribution < -0.4 is 10.0 Å². The van der Waals surface area contributed by atoms with Crippen molar-refractivity contribution < 1.29 is 22.9 Å². The summed E-state index contributed by atoms with van der Waals surface area (Å²) in [6.07, 6.45) is 4.16. The summed E-state index contributed by atoms with van der Waals surface area (Å²) in [5, 5.41) is 6.02. The molecule has 2 unspecified atom stereocenters. The number of benzene rings is 1. The number of likely N-dealkylation sites (tertiary alicyclic amines) is 1. The number of amidine groups is 1. The minimum atomic E-state index is -1.11. The Bertz CT molecular complexity index is 1340. The number of ether oxygens (including phenoxy) is 2. The highest BCUT2D eigenvalue weighted by atomic mass is 35.5. The zero-order chi connectivity index (χ0) is 25.9. The average Bonchev–Trinajstić information content (AvgIpc) is 3.55. The standard InChI is InChI=1S/C24H25ClFN5O4S2/c1-34-23(32)19-15(9-31-17-8-16(30-37(2)33)24(17)11-35-10-18(24)31)28-21(22-27-5-6-36-22)29-20(19)13-4-3-12(26)7-14(13)25/h3-7,16-18,20,30H,8-11H2,1-2H3,(H,28,29)/t16-,17+,18+,20-,24?,37?/m0/s1. The van der Waals surface area contributed by atoms with Gasteiger partial charge in [0.1, 0.15) is 11.9 Å². The van der Waals surface area contributed by atoms with Crippen molar-refractivity contribution in [1.29, 1.82) is 0 Å². The summed E-state index contributed by atoms with van der Waals surface area (Å²) in [4.78, 5) is 24.7. The Labute approximate surface area is 224 Å². The molecule has 37 heavy (non-hydrogen) atoms. The third-order valence-electron chi connectivity index (χ3n) is 7.85. The highest BCUT2D eigenvalue weighted by Crippen LogP contribution is 2.61. The van der Waals surface area contributed by atoms with E-state index in [-0.39, 0.29) is 28.6 Å². The first-order valence-corrected chi connectivity index (χ1v) is 14.6. The highest BCUT2D eigenvalue weighted by Gasteiger charge is 2.73. The Morgan fingerprint density at radius 2 is 2.30 bits per heavy atom. The number of thiazole rings is 1. The highest BCUT2D eigenvalue weighted by molar-refractivity contribution is 7.82. The van der Waals surface area contributed by atoms with Gasteiger partial charge in [-0.1, -0.05) is 17.7 Å². The molecule has 2 N–H and O–H groups in total. The quantitative estimate of drug-likeness (QED) is 0.496. The molecule has 0 bridgehead atoms. The number of methoxy groups -OCH3 is 1. The van der Waals surface area contributed by atoms with Crippen molar-refractivity contribution in [3.05, 3.63) is 62.5 Å². The molecule has 0 amide bonds. The molecular weight excluding hydrogens is 541 g/mol. The van der Waals surface area contributed by atoms with Gasteiger partial charge >= 0.3 is 5.97 Å². The minimum Gasteiger partial charge on any atom is -0.466 e. The Kier molecular flexibility index (Phi) is 6.45. The number of aliphatic imine (C=N–C) groups is 1. The molecule has 6 atom stereocenters. The van der Waals surface area contributed by atoms with Crippen molar-refractivity contribution >= 4 is 45.7 Å². The van der Waals surface area contributed by atoms with Crippen LogP contribution >= 0.6 is 22.9 Å². The van der Waals surface area contributed by atoms with Crippen LogP contribution in [0.15, 0.2) is 46.0 Å². The van der Waals surface area contributed by atoms with Crippen LogP contribution in [0.2, 0.25) is 5.02 Å². The maximum Gasteiger partial charge on any atom is 0.338 e. The summed E-state index contributed by atoms with van der Waals surface area (Å²) in [5.41, 5.74) is 1.36. The van der Waals surface area contributed by atoms with Gasteiger partial charge in [0, 0.05) is 64.2 Å².